The Kier molecular flexibility index (Phi) is 6.66. The summed E-state index contributed by atoms with van der Waals surface area (Å²) in [6.07, 6.45) is 0. The van der Waals surface area contributed by atoms with E-state index in [-0.39, 0.29) is 35.1 Å². The van der Waals surface area contributed by atoms with Crippen molar-refractivity contribution in [2.75, 3.05) is 13.2 Å². The molecule has 0 aromatic heterocycles. The first-order chi connectivity index (χ1) is 13.3. The van der Waals surface area contributed by atoms with Gasteiger partial charge in [-0.3, -0.25) is 4.79 Å². The van der Waals surface area contributed by atoms with Crippen LogP contribution in [0.3, 0.4) is 0 Å². The molecular weight excluding hydrogens is 364 g/mol. The maximum Gasteiger partial charge on any atom is 0.338 e. The van der Waals surface area contributed by atoms with Gasteiger partial charge in [-0.1, -0.05) is 6.07 Å². The van der Waals surface area contributed by atoms with Gasteiger partial charge in [-0.15, -0.1) is 0 Å². The molecule has 1 heterocycles. The molecule has 0 bridgehead atoms. The lowest BCUT2D eigenvalue weighted by molar-refractivity contribution is -0.139. The molecule has 1 aliphatic rings. The quantitative estimate of drug-likeness (QED) is 0.585. The summed E-state index contributed by atoms with van der Waals surface area (Å²) in [7, 11) is 0. The standard InChI is InChI=1S/C20H22N2O6/c1-5-25-16-9-13(7-8-15(16)28-12(4)23)18-14(10-21)19(22)27-11(3)17(18)20(24)26-6-2/h7-9,18H,5-6,22H2,1-4H3. The normalized spacial score (nSPS) is 16.2. The molecule has 148 valence electrons. The molecule has 0 saturated carbocycles. The zero-order chi connectivity index (χ0) is 20.8. The van der Waals surface area contributed by atoms with Crippen molar-refractivity contribution < 1.29 is 28.5 Å². The minimum atomic E-state index is -0.802. The van der Waals surface area contributed by atoms with E-state index in [0.717, 1.165) is 0 Å². The summed E-state index contributed by atoms with van der Waals surface area (Å²) in [5, 5.41) is 9.61. The molecule has 28 heavy (non-hydrogen) atoms. The minimum Gasteiger partial charge on any atom is -0.490 e. The van der Waals surface area contributed by atoms with E-state index in [1.807, 2.05) is 6.07 Å². The summed E-state index contributed by atoms with van der Waals surface area (Å²) in [6.45, 7) is 6.82. The van der Waals surface area contributed by atoms with E-state index in [1.165, 1.54) is 6.92 Å². The predicted octanol–water partition coefficient (Wildman–Crippen LogP) is 2.66. The van der Waals surface area contributed by atoms with Crippen LogP contribution in [0.1, 0.15) is 39.2 Å². The van der Waals surface area contributed by atoms with Crippen LogP contribution in [0.4, 0.5) is 0 Å². The summed E-state index contributed by atoms with van der Waals surface area (Å²) < 4.78 is 21.2. The molecule has 1 aromatic carbocycles. The molecule has 0 radical (unpaired) electrons. The first kappa shape index (κ1) is 20.8. The number of nitrogens with two attached hydrogens (primary N) is 1. The molecule has 2 N–H and O–H groups in total. The number of nitriles is 1. The van der Waals surface area contributed by atoms with Crippen molar-refractivity contribution in [2.45, 2.75) is 33.6 Å². The number of hydrogen-bond acceptors (Lipinski definition) is 8. The summed E-state index contributed by atoms with van der Waals surface area (Å²) in [5.74, 6) is -1.19. The molecule has 0 fully saturated rings. The van der Waals surface area contributed by atoms with Gasteiger partial charge in [0.05, 0.1) is 24.7 Å². The number of benzene rings is 1. The Bertz CT molecular complexity index is 894. The molecule has 0 amide bonds. The van der Waals surface area contributed by atoms with Crippen molar-refractivity contribution in [1.29, 1.82) is 5.26 Å². The molecule has 8 heteroatoms. The average Bonchev–Trinajstić information content (AvgIpc) is 2.62. The Morgan fingerprint density at radius 2 is 1.96 bits per heavy atom. The van der Waals surface area contributed by atoms with Crippen LogP contribution in [0.5, 0.6) is 11.5 Å². The largest absolute Gasteiger partial charge is 0.490 e. The first-order valence-corrected chi connectivity index (χ1v) is 8.74. The van der Waals surface area contributed by atoms with Gasteiger partial charge in [0.25, 0.3) is 0 Å². The summed E-state index contributed by atoms with van der Waals surface area (Å²) in [4.78, 5) is 23.9. The van der Waals surface area contributed by atoms with E-state index in [9.17, 15) is 14.9 Å². The maximum absolute atomic E-state index is 12.5. The minimum absolute atomic E-state index is 0.0799. The molecule has 0 saturated heterocycles. The Morgan fingerprint density at radius 1 is 1.25 bits per heavy atom. The van der Waals surface area contributed by atoms with Gasteiger partial charge in [0.15, 0.2) is 11.5 Å². The van der Waals surface area contributed by atoms with Crippen molar-refractivity contribution in [2.24, 2.45) is 5.73 Å². The number of esters is 2. The zero-order valence-corrected chi connectivity index (χ0v) is 16.2. The molecule has 0 spiro atoms. The molecule has 0 aliphatic carbocycles. The number of hydrogen-bond donors (Lipinski definition) is 1. The van der Waals surface area contributed by atoms with E-state index >= 15 is 0 Å². The molecule has 1 atom stereocenters. The highest BCUT2D eigenvalue weighted by Crippen LogP contribution is 2.42. The van der Waals surface area contributed by atoms with Crippen LogP contribution >= 0.6 is 0 Å². The number of carbonyl (C=O) groups is 2. The highest BCUT2D eigenvalue weighted by atomic mass is 16.6. The van der Waals surface area contributed by atoms with Crippen LogP contribution in [0.15, 0.2) is 41.0 Å². The van der Waals surface area contributed by atoms with E-state index in [2.05, 4.69) is 0 Å². The molecule has 1 aromatic rings. The fourth-order valence-corrected chi connectivity index (χ4v) is 2.90. The average molecular weight is 386 g/mol. The van der Waals surface area contributed by atoms with Crippen LogP contribution in [-0.4, -0.2) is 25.2 Å². The van der Waals surface area contributed by atoms with Crippen molar-refractivity contribution in [3.63, 3.8) is 0 Å². The zero-order valence-electron chi connectivity index (χ0n) is 16.2. The fourth-order valence-electron chi connectivity index (χ4n) is 2.90. The molecule has 8 nitrogen and oxygen atoms in total. The Hall–Kier alpha value is -3.47. The third-order valence-corrected chi connectivity index (χ3v) is 3.96. The monoisotopic (exact) mass is 386 g/mol. The van der Waals surface area contributed by atoms with Gasteiger partial charge in [0.2, 0.25) is 5.88 Å². The highest BCUT2D eigenvalue weighted by Gasteiger charge is 2.36. The number of carbonyl (C=O) groups excluding carboxylic acids is 2. The third kappa shape index (κ3) is 4.26. The summed E-state index contributed by atoms with van der Waals surface area (Å²) >= 11 is 0. The van der Waals surface area contributed by atoms with Gasteiger partial charge in [0, 0.05) is 6.92 Å². The number of allylic oxidation sites excluding steroid dienone is 2. The first-order valence-electron chi connectivity index (χ1n) is 8.74. The Balaban J connectivity index is 2.63. The van der Waals surface area contributed by atoms with Crippen molar-refractivity contribution in [3.05, 3.63) is 46.6 Å². The fraction of sp³-hybridized carbons (Fsp3) is 0.350. The van der Waals surface area contributed by atoms with Crippen molar-refractivity contribution >= 4 is 11.9 Å². The van der Waals surface area contributed by atoms with E-state index < -0.39 is 17.9 Å². The lowest BCUT2D eigenvalue weighted by Gasteiger charge is -2.27. The Morgan fingerprint density at radius 3 is 2.54 bits per heavy atom. The predicted molar refractivity (Wildman–Crippen MR) is 98.9 cm³/mol. The van der Waals surface area contributed by atoms with Gasteiger partial charge in [-0.25, -0.2) is 4.79 Å². The SMILES string of the molecule is CCOC(=O)C1=C(C)OC(N)=C(C#N)C1c1ccc(OC(C)=O)c(OCC)c1. The number of ether oxygens (including phenoxy) is 4. The lowest BCUT2D eigenvalue weighted by atomic mass is 9.83. The molecule has 1 unspecified atom stereocenters. The van der Waals surface area contributed by atoms with Crippen LogP contribution < -0.4 is 15.2 Å². The summed E-state index contributed by atoms with van der Waals surface area (Å²) in [6, 6.07) is 6.79. The van der Waals surface area contributed by atoms with Gasteiger partial charge >= 0.3 is 11.9 Å². The van der Waals surface area contributed by atoms with Crippen LogP contribution in [0.2, 0.25) is 0 Å². The van der Waals surface area contributed by atoms with Gasteiger partial charge in [-0.05, 0) is 38.5 Å². The molecule has 1 aliphatic heterocycles. The summed E-state index contributed by atoms with van der Waals surface area (Å²) in [5.41, 5.74) is 6.69. The van der Waals surface area contributed by atoms with Crippen LogP contribution in [0.25, 0.3) is 0 Å². The second-order valence-corrected chi connectivity index (χ2v) is 5.85. The molecular formula is C20H22N2O6. The van der Waals surface area contributed by atoms with E-state index in [4.69, 9.17) is 24.7 Å². The third-order valence-electron chi connectivity index (χ3n) is 3.96. The smallest absolute Gasteiger partial charge is 0.338 e. The highest BCUT2D eigenvalue weighted by molar-refractivity contribution is 5.92. The molecule has 2 rings (SSSR count). The Labute approximate surface area is 163 Å². The lowest BCUT2D eigenvalue weighted by Crippen LogP contribution is -2.25. The van der Waals surface area contributed by atoms with E-state index in [0.29, 0.717) is 17.9 Å². The number of nitrogens with zero attached hydrogens (tertiary/aromatic N) is 1. The van der Waals surface area contributed by atoms with Gasteiger partial charge in [0.1, 0.15) is 17.4 Å². The van der Waals surface area contributed by atoms with Crippen LogP contribution in [0, 0.1) is 11.3 Å². The second kappa shape index (κ2) is 8.95. The van der Waals surface area contributed by atoms with Crippen molar-refractivity contribution in [3.8, 4) is 17.6 Å². The van der Waals surface area contributed by atoms with Gasteiger partial charge < -0.3 is 24.7 Å². The van der Waals surface area contributed by atoms with E-state index in [1.54, 1.807) is 39.0 Å². The van der Waals surface area contributed by atoms with Gasteiger partial charge in [-0.2, -0.15) is 5.26 Å². The van der Waals surface area contributed by atoms with Crippen LogP contribution in [-0.2, 0) is 19.1 Å². The maximum atomic E-state index is 12.5. The van der Waals surface area contributed by atoms with Crippen molar-refractivity contribution in [1.82, 2.24) is 0 Å². The topological polar surface area (TPSA) is 121 Å². The number of rotatable bonds is 6. The second-order valence-electron chi connectivity index (χ2n) is 5.85.